The molecule has 1 saturated heterocycles. The number of nitrogens with two attached hydrogens (primary N) is 2. The number of amides is 1. The summed E-state index contributed by atoms with van der Waals surface area (Å²) in [5.74, 6) is -3.02. The molecule has 8 nitrogen and oxygen atoms in total. The van der Waals surface area contributed by atoms with Crippen LogP contribution in [0.2, 0.25) is 1.41 Å². The summed E-state index contributed by atoms with van der Waals surface area (Å²) in [7, 11) is 0. The third-order valence-electron chi connectivity index (χ3n) is 3.02. The van der Waals surface area contributed by atoms with Crippen molar-refractivity contribution in [2.75, 3.05) is 6.54 Å². The molecule has 0 aromatic carbocycles. The molecular formula is C10H17N3O5. The Bertz CT molecular complexity index is 391. The molecule has 1 rings (SSSR count). The van der Waals surface area contributed by atoms with Gasteiger partial charge in [-0.3, -0.25) is 15.3 Å². The molecular weight excluding hydrogens is 242 g/mol. The number of nitrogens with zero attached hydrogens (tertiary/aromatic N) is 1. The van der Waals surface area contributed by atoms with Crippen molar-refractivity contribution in [3.63, 3.8) is 0 Å². The van der Waals surface area contributed by atoms with Gasteiger partial charge in [-0.15, -0.1) is 0 Å². The lowest BCUT2D eigenvalue weighted by molar-refractivity contribution is -0.156. The fourth-order valence-electron chi connectivity index (χ4n) is 1.92. The Balaban J connectivity index is 2.70. The van der Waals surface area contributed by atoms with Gasteiger partial charge in [0.1, 0.15) is 7.45 Å². The first-order valence-electron chi connectivity index (χ1n) is 6.06. The highest BCUT2D eigenvalue weighted by Crippen LogP contribution is 2.25. The molecule has 0 aromatic rings. The van der Waals surface area contributed by atoms with Crippen LogP contribution in [0, 0.1) is 0 Å². The van der Waals surface area contributed by atoms with E-state index in [0.29, 0.717) is 6.42 Å². The van der Waals surface area contributed by atoms with Crippen LogP contribution >= 0.6 is 0 Å². The molecule has 1 aliphatic heterocycles. The van der Waals surface area contributed by atoms with Crippen molar-refractivity contribution in [1.29, 1.82) is 0 Å². The highest BCUT2D eigenvalue weighted by Gasteiger charge is 2.46. The minimum atomic E-state index is -1.72. The van der Waals surface area contributed by atoms with E-state index in [2.05, 4.69) is 0 Å². The Hall–Kier alpha value is -1.67. The van der Waals surface area contributed by atoms with Gasteiger partial charge in [-0.25, -0.2) is 4.79 Å². The molecule has 1 amide bonds. The summed E-state index contributed by atoms with van der Waals surface area (Å²) in [6.07, 6.45) is 0.375. The highest BCUT2D eigenvalue weighted by atomic mass is 16.4. The van der Waals surface area contributed by atoms with Gasteiger partial charge < -0.3 is 20.8 Å². The zero-order valence-corrected chi connectivity index (χ0v) is 9.76. The molecule has 1 fully saturated rings. The number of hydrogen-bond donors (Lipinski definition) is 4. The maximum Gasteiger partial charge on any atom is 0.344 e. The number of rotatable bonds is 6. The summed E-state index contributed by atoms with van der Waals surface area (Å²) in [6, 6.07) is -1.16. The van der Waals surface area contributed by atoms with Gasteiger partial charge in [0.15, 0.2) is 5.66 Å². The van der Waals surface area contributed by atoms with Gasteiger partial charge in [-0.1, -0.05) is 0 Å². The molecule has 8 heteroatoms. The summed E-state index contributed by atoms with van der Waals surface area (Å²) >= 11 is 0. The lowest BCUT2D eigenvalue weighted by atomic mass is 10.1. The monoisotopic (exact) mass is 260 g/mol. The number of carboxylic acids is 2. The van der Waals surface area contributed by atoms with E-state index in [1.54, 1.807) is 0 Å². The maximum absolute atomic E-state index is 11.9. The maximum atomic E-state index is 11.9. The topological polar surface area (TPSA) is 147 Å². The molecule has 0 bridgehead atoms. The van der Waals surface area contributed by atoms with Gasteiger partial charge in [0, 0.05) is 13.0 Å². The Morgan fingerprint density at radius 2 is 2.11 bits per heavy atom. The fraction of sp³-hybridized carbons (Fsp3) is 0.700. The number of hydrogen-bond acceptors (Lipinski definition) is 5. The summed E-state index contributed by atoms with van der Waals surface area (Å²) in [4.78, 5) is 34.8. The van der Waals surface area contributed by atoms with Gasteiger partial charge in [0.25, 0.3) is 0 Å². The van der Waals surface area contributed by atoms with Crippen LogP contribution < -0.4 is 11.5 Å². The van der Waals surface area contributed by atoms with Crippen molar-refractivity contribution >= 4 is 17.8 Å². The van der Waals surface area contributed by atoms with Crippen LogP contribution in [0.4, 0.5) is 0 Å². The molecule has 0 aliphatic carbocycles. The Morgan fingerprint density at radius 1 is 1.44 bits per heavy atom. The molecule has 1 aliphatic rings. The van der Waals surface area contributed by atoms with Gasteiger partial charge in [0.05, 0.1) is 0 Å². The van der Waals surface area contributed by atoms with Gasteiger partial charge >= 0.3 is 11.9 Å². The van der Waals surface area contributed by atoms with Crippen LogP contribution in [0.1, 0.15) is 25.7 Å². The average Bonchev–Trinajstić information content (AvgIpc) is 2.80. The minimum Gasteiger partial charge on any atom is -0.480 e. The predicted octanol–water partition coefficient (Wildman–Crippen LogP) is -1.46. The minimum absolute atomic E-state index is 0.0711. The molecule has 102 valence electrons. The van der Waals surface area contributed by atoms with E-state index in [-0.39, 0.29) is 25.8 Å². The summed E-state index contributed by atoms with van der Waals surface area (Å²) in [5, 5.41) is 17.8. The van der Waals surface area contributed by atoms with Crippen molar-refractivity contribution in [2.45, 2.75) is 37.4 Å². The van der Waals surface area contributed by atoms with Crippen molar-refractivity contribution in [1.82, 2.24) is 4.90 Å². The Labute approximate surface area is 105 Å². The largest absolute Gasteiger partial charge is 0.480 e. The number of carbonyl (C=O) groups excluding carboxylic acids is 1. The molecule has 1 heterocycles. The molecule has 18 heavy (non-hydrogen) atoms. The first-order chi connectivity index (χ1) is 8.85. The van der Waals surface area contributed by atoms with Crippen molar-refractivity contribution in [3.05, 3.63) is 0 Å². The van der Waals surface area contributed by atoms with Crippen molar-refractivity contribution in [3.8, 4) is 0 Å². The lowest BCUT2D eigenvalue weighted by Crippen LogP contribution is -2.59. The van der Waals surface area contributed by atoms with E-state index in [0.717, 1.165) is 4.90 Å². The second-order valence-corrected chi connectivity index (χ2v) is 4.30. The van der Waals surface area contributed by atoms with Crippen LogP contribution in [0.25, 0.3) is 0 Å². The molecule has 0 radical (unpaired) electrons. The highest BCUT2D eigenvalue weighted by molar-refractivity contribution is 5.87. The second kappa shape index (κ2) is 5.32. The Kier molecular flexibility index (Phi) is 3.78. The molecule has 0 saturated carbocycles. The summed E-state index contributed by atoms with van der Waals surface area (Å²) in [5.41, 5.74) is 5.49. The van der Waals surface area contributed by atoms with Crippen molar-refractivity contribution < 1.29 is 26.0 Å². The van der Waals surface area contributed by atoms with Crippen LogP contribution in [-0.4, -0.2) is 51.2 Å². The van der Waals surface area contributed by atoms with Crippen LogP contribution in [0.15, 0.2) is 0 Å². The van der Waals surface area contributed by atoms with Gasteiger partial charge in [-0.2, -0.15) is 0 Å². The predicted molar refractivity (Wildman–Crippen MR) is 60.3 cm³/mol. The van der Waals surface area contributed by atoms with Crippen LogP contribution in [-0.2, 0) is 14.4 Å². The Morgan fingerprint density at radius 3 is 2.61 bits per heavy atom. The van der Waals surface area contributed by atoms with Gasteiger partial charge in [0.2, 0.25) is 5.91 Å². The number of carboxylic acid groups (broad SMARTS) is 2. The lowest BCUT2D eigenvalue weighted by Gasteiger charge is -2.31. The molecule has 2 atom stereocenters. The summed E-state index contributed by atoms with van der Waals surface area (Å²) < 4.78 is 7.14. The number of likely N-dealkylation sites (tertiary alicyclic amines) is 1. The number of carbonyl (C=O) groups is 3. The van der Waals surface area contributed by atoms with Crippen molar-refractivity contribution in [2.24, 2.45) is 11.5 Å². The SMILES string of the molecule is [2H]N[C@@]1(C(=O)O)CCCN1C(=O)CC[C@H](N)C(=O)O. The quantitative estimate of drug-likeness (QED) is 0.456. The van der Waals surface area contributed by atoms with E-state index in [9.17, 15) is 14.4 Å². The standard InChI is InChI=1S/C10H17N3O5/c11-6(8(15)16)2-3-7(14)13-5-1-4-10(13,12)9(17)18/h6H,1-5,11-12H2,(H,15,16)(H,17,18)/t6-,10-/m0/s1/i/hD. The first kappa shape index (κ1) is 12.8. The smallest absolute Gasteiger partial charge is 0.344 e. The second-order valence-electron chi connectivity index (χ2n) is 4.30. The normalized spacial score (nSPS) is 25.6. The fourth-order valence-corrected chi connectivity index (χ4v) is 1.92. The van der Waals surface area contributed by atoms with E-state index in [1.165, 1.54) is 0 Å². The first-order valence-corrected chi connectivity index (χ1v) is 5.56. The molecule has 0 spiro atoms. The zero-order chi connectivity index (χ0) is 14.6. The molecule has 0 aromatic heterocycles. The van der Waals surface area contributed by atoms with E-state index in [1.807, 2.05) is 5.73 Å². The van der Waals surface area contributed by atoms with Crippen LogP contribution in [0.3, 0.4) is 0 Å². The molecule has 6 N–H and O–H groups in total. The third kappa shape index (κ3) is 2.77. The van der Waals surface area contributed by atoms with E-state index < -0.39 is 29.6 Å². The zero-order valence-electron chi connectivity index (χ0n) is 10.8. The average molecular weight is 260 g/mol. The van der Waals surface area contributed by atoms with Crippen LogP contribution in [0.5, 0.6) is 0 Å². The summed E-state index contributed by atoms with van der Waals surface area (Å²) in [6.45, 7) is 0.222. The number of aliphatic carboxylic acids is 2. The van der Waals surface area contributed by atoms with Gasteiger partial charge in [-0.05, 0) is 19.3 Å². The van der Waals surface area contributed by atoms with E-state index in [4.69, 9.17) is 17.4 Å². The van der Waals surface area contributed by atoms with E-state index >= 15 is 0 Å². The molecule has 0 unspecified atom stereocenters. The third-order valence-corrected chi connectivity index (χ3v) is 3.02.